The average molecular weight is 263 g/mol. The van der Waals surface area contributed by atoms with Crippen molar-refractivity contribution < 1.29 is 9.72 Å². The Balaban J connectivity index is 1.99. The SMILES string of the molecule is CN(C(=O)CC1CCNC1)c1ccc([N+](=O)[O-])cc1. The lowest BCUT2D eigenvalue weighted by Gasteiger charge is -2.19. The minimum absolute atomic E-state index is 0.0320. The minimum Gasteiger partial charge on any atom is -0.316 e. The van der Waals surface area contributed by atoms with E-state index in [0.29, 0.717) is 18.0 Å². The monoisotopic (exact) mass is 263 g/mol. The van der Waals surface area contributed by atoms with E-state index in [1.165, 1.54) is 12.1 Å². The van der Waals surface area contributed by atoms with Gasteiger partial charge in [0.25, 0.3) is 5.69 Å². The average Bonchev–Trinajstić information content (AvgIpc) is 2.90. The van der Waals surface area contributed by atoms with Gasteiger partial charge in [0.05, 0.1) is 4.92 Å². The van der Waals surface area contributed by atoms with Gasteiger partial charge in [0.2, 0.25) is 5.91 Å². The summed E-state index contributed by atoms with van der Waals surface area (Å²) in [5, 5.41) is 13.8. The summed E-state index contributed by atoms with van der Waals surface area (Å²) in [5.74, 6) is 0.440. The Labute approximate surface area is 111 Å². The highest BCUT2D eigenvalue weighted by Crippen LogP contribution is 2.21. The van der Waals surface area contributed by atoms with E-state index in [4.69, 9.17) is 0 Å². The van der Waals surface area contributed by atoms with Crippen LogP contribution >= 0.6 is 0 Å². The molecule has 2 rings (SSSR count). The third-order valence-corrected chi connectivity index (χ3v) is 3.45. The molecule has 1 amide bonds. The molecule has 1 aromatic carbocycles. The second-order valence-electron chi connectivity index (χ2n) is 4.79. The number of nitro benzene ring substituents is 1. The van der Waals surface area contributed by atoms with E-state index in [9.17, 15) is 14.9 Å². The molecule has 0 saturated carbocycles. The van der Waals surface area contributed by atoms with Crippen molar-refractivity contribution in [3.8, 4) is 0 Å². The van der Waals surface area contributed by atoms with E-state index in [-0.39, 0.29) is 11.6 Å². The normalized spacial score (nSPS) is 18.3. The molecule has 1 unspecified atom stereocenters. The van der Waals surface area contributed by atoms with E-state index >= 15 is 0 Å². The summed E-state index contributed by atoms with van der Waals surface area (Å²) in [5.41, 5.74) is 0.714. The molecule has 6 heteroatoms. The van der Waals surface area contributed by atoms with Crippen LogP contribution in [-0.2, 0) is 4.79 Å². The van der Waals surface area contributed by atoms with Gasteiger partial charge in [-0.25, -0.2) is 0 Å². The fraction of sp³-hybridized carbons (Fsp3) is 0.462. The molecule has 0 aromatic heterocycles. The summed E-state index contributed by atoms with van der Waals surface area (Å²) in [6, 6.07) is 6.03. The van der Waals surface area contributed by atoms with Crippen molar-refractivity contribution in [3.63, 3.8) is 0 Å². The Kier molecular flexibility index (Phi) is 4.11. The lowest BCUT2D eigenvalue weighted by atomic mass is 10.0. The minimum atomic E-state index is -0.449. The molecule has 1 aliphatic rings. The van der Waals surface area contributed by atoms with E-state index in [1.54, 1.807) is 24.1 Å². The molecule has 1 atom stereocenters. The molecule has 0 radical (unpaired) electrons. The van der Waals surface area contributed by atoms with E-state index < -0.39 is 4.92 Å². The van der Waals surface area contributed by atoms with Crippen LogP contribution < -0.4 is 10.2 Å². The first-order chi connectivity index (χ1) is 9.08. The zero-order chi connectivity index (χ0) is 13.8. The smallest absolute Gasteiger partial charge is 0.269 e. The molecular formula is C13H17N3O3. The van der Waals surface area contributed by atoms with Crippen LogP contribution in [0.3, 0.4) is 0 Å². The molecule has 1 N–H and O–H groups in total. The number of hydrogen-bond donors (Lipinski definition) is 1. The van der Waals surface area contributed by atoms with Crippen LogP contribution in [0.2, 0.25) is 0 Å². The van der Waals surface area contributed by atoms with Gasteiger partial charge in [0.1, 0.15) is 0 Å². The highest BCUT2D eigenvalue weighted by Gasteiger charge is 2.21. The van der Waals surface area contributed by atoms with Crippen LogP contribution in [0.4, 0.5) is 11.4 Å². The Morgan fingerprint density at radius 3 is 2.68 bits per heavy atom. The predicted molar refractivity (Wildman–Crippen MR) is 72.1 cm³/mol. The zero-order valence-electron chi connectivity index (χ0n) is 10.8. The molecule has 1 heterocycles. The van der Waals surface area contributed by atoms with Crippen molar-refractivity contribution >= 4 is 17.3 Å². The lowest BCUT2D eigenvalue weighted by molar-refractivity contribution is -0.384. The highest BCUT2D eigenvalue weighted by atomic mass is 16.6. The van der Waals surface area contributed by atoms with Crippen LogP contribution in [0.25, 0.3) is 0 Å². The van der Waals surface area contributed by atoms with E-state index in [0.717, 1.165) is 19.5 Å². The lowest BCUT2D eigenvalue weighted by Crippen LogP contribution is -2.28. The summed E-state index contributed by atoms with van der Waals surface area (Å²) in [7, 11) is 1.70. The maximum atomic E-state index is 12.1. The number of rotatable bonds is 4. The van der Waals surface area contributed by atoms with Crippen molar-refractivity contribution in [3.05, 3.63) is 34.4 Å². The zero-order valence-corrected chi connectivity index (χ0v) is 10.8. The van der Waals surface area contributed by atoms with Crippen LogP contribution in [-0.4, -0.2) is 31.0 Å². The van der Waals surface area contributed by atoms with Crippen LogP contribution in [0.15, 0.2) is 24.3 Å². The van der Waals surface area contributed by atoms with Gasteiger partial charge in [-0.1, -0.05) is 0 Å². The second kappa shape index (κ2) is 5.79. The number of nitrogens with zero attached hydrogens (tertiary/aromatic N) is 2. The number of amides is 1. The van der Waals surface area contributed by atoms with Crippen molar-refractivity contribution in [1.82, 2.24) is 5.32 Å². The standard InChI is InChI=1S/C13H17N3O3/c1-15(13(17)8-10-6-7-14-9-10)11-2-4-12(5-3-11)16(18)19/h2-5,10,14H,6-9H2,1H3. The van der Waals surface area contributed by atoms with Crippen LogP contribution in [0.5, 0.6) is 0 Å². The molecule has 1 fully saturated rings. The van der Waals surface area contributed by atoms with Crippen molar-refractivity contribution in [1.29, 1.82) is 0 Å². The molecule has 1 saturated heterocycles. The summed E-state index contributed by atoms with van der Waals surface area (Å²) in [6.45, 7) is 1.86. The highest BCUT2D eigenvalue weighted by molar-refractivity contribution is 5.93. The maximum absolute atomic E-state index is 12.1. The molecule has 0 bridgehead atoms. The van der Waals surface area contributed by atoms with E-state index in [2.05, 4.69) is 5.32 Å². The van der Waals surface area contributed by atoms with Gasteiger partial charge in [0, 0.05) is 31.3 Å². The van der Waals surface area contributed by atoms with Gasteiger partial charge in [-0.15, -0.1) is 0 Å². The topological polar surface area (TPSA) is 75.5 Å². The number of non-ortho nitro benzene ring substituents is 1. The Hall–Kier alpha value is -1.95. The summed E-state index contributed by atoms with van der Waals surface area (Å²) in [4.78, 5) is 23.8. The van der Waals surface area contributed by atoms with Crippen LogP contribution in [0, 0.1) is 16.0 Å². The fourth-order valence-corrected chi connectivity index (χ4v) is 2.21. The first kappa shape index (κ1) is 13.5. The van der Waals surface area contributed by atoms with E-state index in [1.807, 2.05) is 0 Å². The third kappa shape index (κ3) is 3.29. The summed E-state index contributed by atoms with van der Waals surface area (Å²) < 4.78 is 0. The molecule has 6 nitrogen and oxygen atoms in total. The summed E-state index contributed by atoms with van der Waals surface area (Å²) in [6.07, 6.45) is 1.54. The van der Waals surface area contributed by atoms with Gasteiger partial charge < -0.3 is 10.2 Å². The third-order valence-electron chi connectivity index (χ3n) is 3.45. The van der Waals surface area contributed by atoms with Gasteiger partial charge in [-0.3, -0.25) is 14.9 Å². The predicted octanol–water partition coefficient (Wildman–Crippen LogP) is 1.56. The Bertz CT molecular complexity index is 467. The molecule has 1 aliphatic heterocycles. The van der Waals surface area contributed by atoms with Crippen molar-refractivity contribution in [2.75, 3.05) is 25.0 Å². The number of carbonyl (C=O) groups is 1. The molecule has 1 aromatic rings. The van der Waals surface area contributed by atoms with Gasteiger partial charge in [-0.05, 0) is 37.6 Å². The largest absolute Gasteiger partial charge is 0.316 e. The van der Waals surface area contributed by atoms with Gasteiger partial charge in [-0.2, -0.15) is 0 Å². The molecule has 0 spiro atoms. The summed E-state index contributed by atoms with van der Waals surface area (Å²) >= 11 is 0. The van der Waals surface area contributed by atoms with Crippen molar-refractivity contribution in [2.45, 2.75) is 12.8 Å². The van der Waals surface area contributed by atoms with Gasteiger partial charge >= 0.3 is 0 Å². The first-order valence-electron chi connectivity index (χ1n) is 6.29. The second-order valence-corrected chi connectivity index (χ2v) is 4.79. The number of nitrogens with one attached hydrogen (secondary N) is 1. The number of anilines is 1. The molecule has 19 heavy (non-hydrogen) atoms. The number of carbonyl (C=O) groups excluding carboxylic acids is 1. The maximum Gasteiger partial charge on any atom is 0.269 e. The van der Waals surface area contributed by atoms with Crippen LogP contribution in [0.1, 0.15) is 12.8 Å². The van der Waals surface area contributed by atoms with Crippen molar-refractivity contribution in [2.24, 2.45) is 5.92 Å². The first-order valence-corrected chi connectivity index (χ1v) is 6.29. The van der Waals surface area contributed by atoms with Gasteiger partial charge in [0.15, 0.2) is 0 Å². The number of benzene rings is 1. The number of nitro groups is 1. The number of hydrogen-bond acceptors (Lipinski definition) is 4. The molecular weight excluding hydrogens is 246 g/mol. The molecule has 102 valence electrons. The Morgan fingerprint density at radius 2 is 2.16 bits per heavy atom. The fourth-order valence-electron chi connectivity index (χ4n) is 2.21. The molecule has 0 aliphatic carbocycles. The quantitative estimate of drug-likeness (QED) is 0.660. The Morgan fingerprint density at radius 1 is 1.47 bits per heavy atom.